The van der Waals surface area contributed by atoms with E-state index in [4.69, 9.17) is 0 Å². The van der Waals surface area contributed by atoms with E-state index in [1.807, 2.05) is 30.0 Å². The molecule has 5 rings (SSSR count). The first-order valence-corrected chi connectivity index (χ1v) is 12.9. The molecule has 9 heteroatoms. The number of rotatable bonds is 4. The first-order valence-electron chi connectivity index (χ1n) is 11.8. The van der Waals surface area contributed by atoms with E-state index >= 15 is 0 Å². The number of fused-ring (bicyclic) bond motifs is 1. The number of nitrogens with one attached hydrogen (secondary N) is 1. The topological polar surface area (TPSA) is 86.0 Å². The molecular formula is C25H27FN4O3S. The fourth-order valence-corrected chi connectivity index (χ4v) is 6.22. The Hall–Kier alpha value is -2.94. The number of pyridine rings is 1. The molecule has 3 heterocycles. The minimum atomic E-state index is -0.590. The molecule has 0 bridgehead atoms. The van der Waals surface area contributed by atoms with Crippen LogP contribution in [0.25, 0.3) is 11.0 Å². The Labute approximate surface area is 200 Å². The smallest absolute Gasteiger partial charge is 0.333 e. The summed E-state index contributed by atoms with van der Waals surface area (Å²) < 4.78 is 17.0. The van der Waals surface area contributed by atoms with Gasteiger partial charge in [-0.15, -0.1) is 0 Å². The fourth-order valence-electron chi connectivity index (χ4n) is 5.14. The van der Waals surface area contributed by atoms with Gasteiger partial charge in [0.2, 0.25) is 0 Å². The van der Waals surface area contributed by atoms with E-state index in [1.54, 1.807) is 16.7 Å². The van der Waals surface area contributed by atoms with Crippen molar-refractivity contribution in [1.29, 1.82) is 0 Å². The third-order valence-electron chi connectivity index (χ3n) is 6.91. The van der Waals surface area contributed by atoms with Crippen molar-refractivity contribution in [3.05, 3.63) is 74.8 Å². The molecule has 1 N–H and O–H groups in total. The highest BCUT2D eigenvalue weighted by molar-refractivity contribution is 7.99. The van der Waals surface area contributed by atoms with Crippen LogP contribution in [0.4, 0.5) is 4.39 Å². The van der Waals surface area contributed by atoms with Gasteiger partial charge in [-0.1, -0.05) is 18.2 Å². The number of hydrogen-bond donors (Lipinski definition) is 1. The molecule has 0 spiro atoms. The molecule has 0 radical (unpaired) electrons. The molecule has 34 heavy (non-hydrogen) atoms. The molecule has 1 saturated heterocycles. The Balaban J connectivity index is 1.43. The summed E-state index contributed by atoms with van der Waals surface area (Å²) in [5, 5.41) is 3.22. The maximum absolute atomic E-state index is 14.0. The number of benzene rings is 1. The third-order valence-corrected chi connectivity index (χ3v) is 7.96. The van der Waals surface area contributed by atoms with E-state index in [-0.39, 0.29) is 40.8 Å². The quantitative estimate of drug-likeness (QED) is 0.613. The largest absolute Gasteiger partial charge is 0.349 e. The molecule has 1 saturated carbocycles. The predicted molar refractivity (Wildman–Crippen MR) is 131 cm³/mol. The summed E-state index contributed by atoms with van der Waals surface area (Å²) in [6.45, 7) is 0. The second kappa shape index (κ2) is 9.74. The minimum Gasteiger partial charge on any atom is -0.349 e. The van der Waals surface area contributed by atoms with Crippen LogP contribution >= 0.6 is 11.8 Å². The van der Waals surface area contributed by atoms with Crippen LogP contribution in [0.2, 0.25) is 0 Å². The van der Waals surface area contributed by atoms with Gasteiger partial charge in [0.05, 0.1) is 11.6 Å². The molecule has 2 aromatic heterocycles. The van der Waals surface area contributed by atoms with Crippen molar-refractivity contribution in [2.24, 2.45) is 0 Å². The molecule has 7 nitrogen and oxygen atoms in total. The van der Waals surface area contributed by atoms with Crippen LogP contribution in [0.3, 0.4) is 0 Å². The van der Waals surface area contributed by atoms with Crippen LogP contribution in [0.1, 0.15) is 61.0 Å². The molecule has 0 atom stereocenters. The number of carbonyl (C=O) groups excluding carboxylic acids is 1. The van der Waals surface area contributed by atoms with Crippen LogP contribution in [-0.4, -0.2) is 37.6 Å². The summed E-state index contributed by atoms with van der Waals surface area (Å²) in [5.41, 5.74) is 0.0438. The molecule has 1 aromatic carbocycles. The highest BCUT2D eigenvalue weighted by Crippen LogP contribution is 2.30. The highest BCUT2D eigenvalue weighted by Gasteiger charge is 2.29. The first-order chi connectivity index (χ1) is 16.5. The Morgan fingerprint density at radius 3 is 2.35 bits per heavy atom. The molecule has 178 valence electrons. The standard InChI is InChI=1S/C25H27FN4O3S/c26-17-14-21-22(27-15-17)29(20-10-12-34-13-11-20)25(33)30(24(21)32)19-8-6-18(7-9-19)28-23(31)16-4-2-1-3-5-16/h1-5,14-15,18-20H,6-13H2,(H,28,31)/t18-,19+. The van der Waals surface area contributed by atoms with Crippen molar-refractivity contribution in [2.75, 3.05) is 11.5 Å². The number of aromatic nitrogens is 3. The van der Waals surface area contributed by atoms with Crippen molar-refractivity contribution in [1.82, 2.24) is 19.4 Å². The molecule has 3 aromatic rings. The number of amides is 1. The van der Waals surface area contributed by atoms with Crippen LogP contribution in [0.15, 0.2) is 52.2 Å². The van der Waals surface area contributed by atoms with Gasteiger partial charge in [-0.05, 0) is 68.2 Å². The summed E-state index contributed by atoms with van der Waals surface area (Å²) in [6, 6.07) is 9.90. The number of thioether (sulfide) groups is 1. The van der Waals surface area contributed by atoms with Gasteiger partial charge in [0.15, 0.2) is 0 Å². The lowest BCUT2D eigenvalue weighted by Crippen LogP contribution is -2.46. The zero-order valence-electron chi connectivity index (χ0n) is 18.8. The van der Waals surface area contributed by atoms with Gasteiger partial charge >= 0.3 is 5.69 Å². The summed E-state index contributed by atoms with van der Waals surface area (Å²) in [7, 11) is 0. The lowest BCUT2D eigenvalue weighted by Gasteiger charge is -2.31. The molecule has 2 fully saturated rings. The van der Waals surface area contributed by atoms with Gasteiger partial charge in [0.1, 0.15) is 11.5 Å². The van der Waals surface area contributed by atoms with E-state index in [2.05, 4.69) is 10.3 Å². The first kappa shape index (κ1) is 22.8. The second-order valence-corrected chi connectivity index (χ2v) is 10.3. The average molecular weight is 483 g/mol. The molecule has 1 aliphatic carbocycles. The molecular weight excluding hydrogens is 455 g/mol. The lowest BCUT2D eigenvalue weighted by atomic mass is 9.90. The van der Waals surface area contributed by atoms with Crippen molar-refractivity contribution in [3.8, 4) is 0 Å². The van der Waals surface area contributed by atoms with Gasteiger partial charge in [-0.2, -0.15) is 11.8 Å². The summed E-state index contributed by atoms with van der Waals surface area (Å²) in [5.74, 6) is 1.16. The maximum Gasteiger partial charge on any atom is 0.333 e. The molecule has 1 amide bonds. The zero-order chi connectivity index (χ0) is 23.7. The van der Waals surface area contributed by atoms with E-state index in [1.165, 1.54) is 10.6 Å². The average Bonchev–Trinajstić information content (AvgIpc) is 2.87. The maximum atomic E-state index is 14.0. The molecule has 2 aliphatic rings. The Kier molecular flexibility index (Phi) is 6.54. The van der Waals surface area contributed by atoms with Crippen LogP contribution in [-0.2, 0) is 0 Å². The highest BCUT2D eigenvalue weighted by atomic mass is 32.2. The number of halogens is 1. The van der Waals surface area contributed by atoms with Gasteiger partial charge in [0, 0.05) is 23.7 Å². The van der Waals surface area contributed by atoms with Crippen molar-refractivity contribution < 1.29 is 9.18 Å². The second-order valence-electron chi connectivity index (χ2n) is 9.04. The Morgan fingerprint density at radius 1 is 0.971 bits per heavy atom. The lowest BCUT2D eigenvalue weighted by molar-refractivity contribution is 0.0922. The number of carbonyl (C=O) groups is 1. The van der Waals surface area contributed by atoms with Crippen LogP contribution in [0.5, 0.6) is 0 Å². The fraction of sp³-hybridized carbons (Fsp3) is 0.440. The van der Waals surface area contributed by atoms with Gasteiger partial charge in [-0.3, -0.25) is 18.7 Å². The SMILES string of the molecule is O=C(N[C@H]1CC[C@@H](n2c(=O)c3cc(F)cnc3n(C3CCSCC3)c2=O)CC1)c1ccccc1. The van der Waals surface area contributed by atoms with Gasteiger partial charge < -0.3 is 5.32 Å². The van der Waals surface area contributed by atoms with E-state index in [0.717, 1.165) is 30.5 Å². The minimum absolute atomic E-state index is 0.0168. The summed E-state index contributed by atoms with van der Waals surface area (Å²) >= 11 is 1.85. The van der Waals surface area contributed by atoms with Gasteiger partial charge in [0.25, 0.3) is 11.5 Å². The van der Waals surface area contributed by atoms with Crippen molar-refractivity contribution >= 4 is 28.7 Å². The van der Waals surface area contributed by atoms with Crippen molar-refractivity contribution in [3.63, 3.8) is 0 Å². The van der Waals surface area contributed by atoms with Crippen molar-refractivity contribution in [2.45, 2.75) is 56.7 Å². The summed E-state index contributed by atoms with van der Waals surface area (Å²) in [6.07, 6.45) is 5.20. The summed E-state index contributed by atoms with van der Waals surface area (Å²) in [4.78, 5) is 43.7. The normalized spacial score (nSPS) is 21.4. The zero-order valence-corrected chi connectivity index (χ0v) is 19.6. The van der Waals surface area contributed by atoms with Crippen LogP contribution < -0.4 is 16.6 Å². The van der Waals surface area contributed by atoms with E-state index in [9.17, 15) is 18.8 Å². The third kappa shape index (κ3) is 4.41. The van der Waals surface area contributed by atoms with Gasteiger partial charge in [-0.25, -0.2) is 14.2 Å². The Bertz CT molecular complexity index is 1310. The number of hydrogen-bond acceptors (Lipinski definition) is 5. The van der Waals surface area contributed by atoms with Crippen LogP contribution in [0, 0.1) is 5.82 Å². The Morgan fingerprint density at radius 2 is 1.65 bits per heavy atom. The molecule has 0 unspecified atom stereocenters. The monoisotopic (exact) mass is 482 g/mol. The predicted octanol–water partition coefficient (Wildman–Crippen LogP) is 3.68. The van der Waals surface area contributed by atoms with E-state index in [0.29, 0.717) is 31.2 Å². The number of nitrogens with zero attached hydrogens (tertiary/aromatic N) is 3. The molecule has 1 aliphatic heterocycles. The van der Waals surface area contributed by atoms with E-state index < -0.39 is 11.4 Å².